The van der Waals surface area contributed by atoms with Crippen LogP contribution in [0.25, 0.3) is 0 Å². The SMILES string of the molecule is Cc1nc(N[C@H]2C[C@H](N(C)C(=O)Oc3ccc(F)cc3)C2)nc2c1NC(=O)C(C(C)C)N2C. The molecule has 2 N–H and O–H groups in total. The highest BCUT2D eigenvalue weighted by atomic mass is 19.1. The third kappa shape index (κ3) is 4.55. The summed E-state index contributed by atoms with van der Waals surface area (Å²) >= 11 is 0. The van der Waals surface area contributed by atoms with Gasteiger partial charge in [0.15, 0.2) is 5.82 Å². The van der Waals surface area contributed by atoms with Crippen molar-refractivity contribution in [2.24, 2.45) is 5.92 Å². The Hall–Kier alpha value is -3.43. The number of carbonyl (C=O) groups is 2. The maximum Gasteiger partial charge on any atom is 0.415 e. The number of halogens is 1. The first kappa shape index (κ1) is 22.8. The number of likely N-dealkylation sites (N-methyl/N-ethyl adjacent to an activating group) is 1. The molecule has 1 aliphatic carbocycles. The number of benzene rings is 1. The Labute approximate surface area is 192 Å². The Balaban J connectivity index is 1.37. The lowest BCUT2D eigenvalue weighted by atomic mass is 9.86. The van der Waals surface area contributed by atoms with Crippen molar-refractivity contribution < 1.29 is 18.7 Å². The van der Waals surface area contributed by atoms with Gasteiger partial charge in [-0.3, -0.25) is 4.79 Å². The standard InChI is InChI=1S/C23H29FN6O3/c1-12(2)19-21(31)27-18-13(3)25-22(28-20(18)30(19)5)26-15-10-16(11-15)29(4)23(32)33-17-8-6-14(24)7-9-17/h6-9,12,15-16,19H,10-11H2,1-5H3,(H,27,31)(H,25,26,28)/t15-,16-,19?. The van der Waals surface area contributed by atoms with Crippen LogP contribution in [0.15, 0.2) is 24.3 Å². The number of rotatable bonds is 5. The topological polar surface area (TPSA) is 99.7 Å². The van der Waals surface area contributed by atoms with Gasteiger partial charge in [-0.05, 0) is 49.9 Å². The highest BCUT2D eigenvalue weighted by molar-refractivity contribution is 6.03. The number of hydrogen-bond acceptors (Lipinski definition) is 7. The van der Waals surface area contributed by atoms with Gasteiger partial charge in [0, 0.05) is 26.2 Å². The summed E-state index contributed by atoms with van der Waals surface area (Å²) in [6.07, 6.45) is 0.953. The molecule has 2 amide bonds. The first-order valence-corrected chi connectivity index (χ1v) is 11.0. The number of anilines is 3. The summed E-state index contributed by atoms with van der Waals surface area (Å²) in [6, 6.07) is 5.17. The van der Waals surface area contributed by atoms with Gasteiger partial charge >= 0.3 is 6.09 Å². The number of carbonyl (C=O) groups excluding carboxylic acids is 2. The molecule has 1 aliphatic heterocycles. The van der Waals surface area contributed by atoms with Crippen LogP contribution in [-0.2, 0) is 4.79 Å². The number of ether oxygens (including phenoxy) is 1. The Morgan fingerprint density at radius 2 is 1.94 bits per heavy atom. The van der Waals surface area contributed by atoms with Crippen LogP contribution in [-0.4, -0.2) is 59.1 Å². The van der Waals surface area contributed by atoms with E-state index in [1.807, 2.05) is 32.7 Å². The molecule has 1 aromatic heterocycles. The van der Waals surface area contributed by atoms with Crippen molar-refractivity contribution in [1.82, 2.24) is 14.9 Å². The van der Waals surface area contributed by atoms with E-state index in [1.165, 1.54) is 24.3 Å². The summed E-state index contributed by atoms with van der Waals surface area (Å²) in [4.78, 5) is 37.5. The van der Waals surface area contributed by atoms with Crippen LogP contribution < -0.4 is 20.3 Å². The van der Waals surface area contributed by atoms with E-state index >= 15 is 0 Å². The van der Waals surface area contributed by atoms with Crippen LogP contribution in [0.2, 0.25) is 0 Å². The zero-order chi connectivity index (χ0) is 23.9. The molecule has 1 fully saturated rings. The number of hydrogen-bond donors (Lipinski definition) is 2. The van der Waals surface area contributed by atoms with E-state index in [-0.39, 0.29) is 35.8 Å². The second-order valence-corrected chi connectivity index (χ2v) is 9.02. The molecule has 10 heteroatoms. The molecule has 0 bridgehead atoms. The molecule has 33 heavy (non-hydrogen) atoms. The number of nitrogens with one attached hydrogen (secondary N) is 2. The summed E-state index contributed by atoms with van der Waals surface area (Å²) in [5, 5.41) is 6.29. The average Bonchev–Trinajstić information content (AvgIpc) is 2.72. The maximum absolute atomic E-state index is 13.0. The third-order valence-corrected chi connectivity index (χ3v) is 6.27. The van der Waals surface area contributed by atoms with E-state index < -0.39 is 6.09 Å². The van der Waals surface area contributed by atoms with Crippen LogP contribution in [0.5, 0.6) is 5.75 Å². The molecular weight excluding hydrogens is 427 g/mol. The number of nitrogens with zero attached hydrogens (tertiary/aromatic N) is 4. The van der Waals surface area contributed by atoms with Gasteiger partial charge in [0.1, 0.15) is 23.3 Å². The Morgan fingerprint density at radius 1 is 1.27 bits per heavy atom. The third-order valence-electron chi connectivity index (χ3n) is 6.27. The van der Waals surface area contributed by atoms with Crippen LogP contribution >= 0.6 is 0 Å². The van der Waals surface area contributed by atoms with Crippen LogP contribution in [0.3, 0.4) is 0 Å². The highest BCUT2D eigenvalue weighted by Crippen LogP contribution is 2.35. The van der Waals surface area contributed by atoms with Crippen LogP contribution in [0.1, 0.15) is 32.4 Å². The number of fused-ring (bicyclic) bond motifs is 1. The van der Waals surface area contributed by atoms with Crippen molar-refractivity contribution in [3.05, 3.63) is 35.8 Å². The molecule has 0 saturated heterocycles. The molecule has 1 unspecified atom stereocenters. The molecule has 0 spiro atoms. The predicted octanol–water partition coefficient (Wildman–Crippen LogP) is 3.41. The quantitative estimate of drug-likeness (QED) is 0.711. The fraction of sp³-hybridized carbons (Fsp3) is 0.478. The minimum atomic E-state index is -0.483. The summed E-state index contributed by atoms with van der Waals surface area (Å²) in [5.41, 5.74) is 1.33. The van der Waals surface area contributed by atoms with E-state index in [0.29, 0.717) is 28.9 Å². The fourth-order valence-corrected chi connectivity index (χ4v) is 4.31. The summed E-state index contributed by atoms with van der Waals surface area (Å²) in [5.74, 6) is 1.19. The maximum atomic E-state index is 13.0. The van der Waals surface area contributed by atoms with Crippen molar-refractivity contribution >= 4 is 29.5 Å². The minimum Gasteiger partial charge on any atom is -0.410 e. The zero-order valence-electron chi connectivity index (χ0n) is 19.4. The smallest absolute Gasteiger partial charge is 0.410 e. The number of aromatic nitrogens is 2. The number of amides is 2. The van der Waals surface area contributed by atoms with Gasteiger partial charge in [-0.1, -0.05) is 13.8 Å². The van der Waals surface area contributed by atoms with E-state index in [2.05, 4.69) is 20.6 Å². The molecule has 1 aromatic carbocycles. The van der Waals surface area contributed by atoms with Crippen molar-refractivity contribution in [3.8, 4) is 5.75 Å². The van der Waals surface area contributed by atoms with E-state index in [9.17, 15) is 14.0 Å². The molecular formula is C23H29FN6O3. The van der Waals surface area contributed by atoms with E-state index in [4.69, 9.17) is 4.74 Å². The zero-order valence-corrected chi connectivity index (χ0v) is 19.4. The first-order valence-electron chi connectivity index (χ1n) is 11.0. The Kier molecular flexibility index (Phi) is 6.09. The predicted molar refractivity (Wildman–Crippen MR) is 123 cm³/mol. The van der Waals surface area contributed by atoms with Gasteiger partial charge in [-0.25, -0.2) is 14.2 Å². The lowest BCUT2D eigenvalue weighted by molar-refractivity contribution is -0.118. The summed E-state index contributed by atoms with van der Waals surface area (Å²) in [7, 11) is 3.56. The normalized spacial score (nSPS) is 21.7. The molecule has 176 valence electrons. The highest BCUT2D eigenvalue weighted by Gasteiger charge is 2.37. The molecule has 1 saturated carbocycles. The second kappa shape index (κ2) is 8.84. The van der Waals surface area contributed by atoms with Crippen molar-refractivity contribution in [3.63, 3.8) is 0 Å². The molecule has 2 aromatic rings. The van der Waals surface area contributed by atoms with Gasteiger partial charge in [-0.2, -0.15) is 4.98 Å². The lowest BCUT2D eigenvalue weighted by Gasteiger charge is -2.41. The largest absolute Gasteiger partial charge is 0.415 e. The molecule has 9 nitrogen and oxygen atoms in total. The Morgan fingerprint density at radius 3 is 2.58 bits per heavy atom. The van der Waals surface area contributed by atoms with Crippen molar-refractivity contribution in [2.45, 2.75) is 51.7 Å². The summed E-state index contributed by atoms with van der Waals surface area (Å²) in [6.45, 7) is 5.86. The van der Waals surface area contributed by atoms with Gasteiger partial charge in [-0.15, -0.1) is 0 Å². The molecule has 2 aliphatic rings. The van der Waals surface area contributed by atoms with Gasteiger partial charge < -0.3 is 25.2 Å². The summed E-state index contributed by atoms with van der Waals surface area (Å²) < 4.78 is 18.3. The number of aryl methyl sites for hydroxylation is 1. The van der Waals surface area contributed by atoms with Gasteiger partial charge in [0.2, 0.25) is 11.9 Å². The van der Waals surface area contributed by atoms with E-state index in [1.54, 1.807) is 11.9 Å². The second-order valence-electron chi connectivity index (χ2n) is 9.02. The van der Waals surface area contributed by atoms with Crippen molar-refractivity contribution in [1.29, 1.82) is 0 Å². The minimum absolute atomic E-state index is 0.0152. The Bertz CT molecular complexity index is 1050. The molecule has 0 radical (unpaired) electrons. The van der Waals surface area contributed by atoms with Gasteiger partial charge in [0.05, 0.1) is 5.69 Å². The average molecular weight is 457 g/mol. The molecule has 1 atom stereocenters. The molecule has 2 heterocycles. The lowest BCUT2D eigenvalue weighted by Crippen LogP contribution is -2.51. The first-order chi connectivity index (χ1) is 15.6. The van der Waals surface area contributed by atoms with Gasteiger partial charge in [0.25, 0.3) is 0 Å². The monoisotopic (exact) mass is 456 g/mol. The fourth-order valence-electron chi connectivity index (χ4n) is 4.31. The van der Waals surface area contributed by atoms with Crippen LogP contribution in [0, 0.1) is 18.7 Å². The molecule has 4 rings (SSSR count). The van der Waals surface area contributed by atoms with Crippen LogP contribution in [0.4, 0.5) is 26.6 Å². The van der Waals surface area contributed by atoms with E-state index in [0.717, 1.165) is 12.8 Å². The van der Waals surface area contributed by atoms with Crippen molar-refractivity contribution in [2.75, 3.05) is 29.6 Å².